The Labute approximate surface area is 95.1 Å². The molecule has 0 aliphatic carbocycles. The van der Waals surface area contributed by atoms with Crippen molar-refractivity contribution in [2.75, 3.05) is 7.11 Å². The summed E-state index contributed by atoms with van der Waals surface area (Å²) in [7, 11) is 1.27. The maximum Gasteiger partial charge on any atom is 0.341 e. The van der Waals surface area contributed by atoms with Crippen LogP contribution >= 0.6 is 11.3 Å². The predicted octanol–water partition coefficient (Wildman–Crippen LogP) is 1.68. The molecule has 2 aromatic heterocycles. The van der Waals surface area contributed by atoms with E-state index in [0.717, 1.165) is 11.3 Å². The molecule has 2 rings (SSSR count). The van der Waals surface area contributed by atoms with Crippen LogP contribution in [0.1, 0.15) is 27.0 Å². The van der Waals surface area contributed by atoms with E-state index in [0.29, 0.717) is 15.2 Å². The molecule has 2 heterocycles. The maximum absolute atomic E-state index is 11.6. The number of rotatable bonds is 2. The molecule has 0 saturated carbocycles. The highest BCUT2D eigenvalue weighted by Crippen LogP contribution is 2.28. The number of methoxy groups -OCH3 is 1. The number of carbonyl (C=O) groups is 2. The van der Waals surface area contributed by atoms with Crippen molar-refractivity contribution in [1.29, 1.82) is 0 Å². The van der Waals surface area contributed by atoms with Crippen molar-refractivity contribution in [2.24, 2.45) is 0 Å². The Hall–Kier alpha value is -1.82. The molecular formula is C10H8N2O3S. The highest BCUT2D eigenvalue weighted by Gasteiger charge is 2.23. The van der Waals surface area contributed by atoms with Gasteiger partial charge in [-0.15, -0.1) is 11.3 Å². The first-order valence-corrected chi connectivity index (χ1v) is 5.29. The van der Waals surface area contributed by atoms with E-state index in [1.807, 2.05) is 0 Å². The normalized spacial score (nSPS) is 10.4. The second-order valence-electron chi connectivity index (χ2n) is 3.06. The second-order valence-corrected chi connectivity index (χ2v) is 4.06. The summed E-state index contributed by atoms with van der Waals surface area (Å²) < 4.78 is 4.64. The molecule has 0 atom stereocenters. The van der Waals surface area contributed by atoms with Crippen LogP contribution in [0, 0.1) is 0 Å². The van der Waals surface area contributed by atoms with Crippen molar-refractivity contribution in [1.82, 2.24) is 9.97 Å². The molecule has 0 aliphatic heterocycles. The van der Waals surface area contributed by atoms with E-state index in [1.54, 1.807) is 0 Å². The molecule has 0 fully saturated rings. The van der Waals surface area contributed by atoms with Crippen LogP contribution in [0.15, 0.2) is 12.4 Å². The number of nitrogens with zero attached hydrogens (tertiary/aromatic N) is 2. The zero-order chi connectivity index (χ0) is 11.7. The lowest BCUT2D eigenvalue weighted by Crippen LogP contribution is -2.06. The van der Waals surface area contributed by atoms with E-state index in [9.17, 15) is 9.59 Å². The van der Waals surface area contributed by atoms with Gasteiger partial charge in [-0.25, -0.2) is 9.78 Å². The fourth-order valence-corrected chi connectivity index (χ4v) is 2.35. The molecule has 16 heavy (non-hydrogen) atoms. The Kier molecular flexibility index (Phi) is 2.66. The number of hydrogen-bond acceptors (Lipinski definition) is 6. The SMILES string of the molecule is COC(=O)c1c(C(C)=O)sc2nccnc12. The van der Waals surface area contributed by atoms with Gasteiger partial charge in [-0.2, -0.15) is 0 Å². The van der Waals surface area contributed by atoms with Crippen LogP contribution < -0.4 is 0 Å². The van der Waals surface area contributed by atoms with Crippen LogP contribution in [0.25, 0.3) is 10.3 Å². The minimum absolute atomic E-state index is 0.190. The Morgan fingerprint density at radius 1 is 1.31 bits per heavy atom. The number of hydrogen-bond donors (Lipinski definition) is 0. The summed E-state index contributed by atoms with van der Waals surface area (Å²) in [4.78, 5) is 32.0. The second kappa shape index (κ2) is 3.97. The van der Waals surface area contributed by atoms with Gasteiger partial charge < -0.3 is 4.74 Å². The van der Waals surface area contributed by atoms with Crippen LogP contribution in [0.2, 0.25) is 0 Å². The third-order valence-corrected chi connectivity index (χ3v) is 3.22. The highest BCUT2D eigenvalue weighted by atomic mass is 32.1. The molecule has 5 nitrogen and oxygen atoms in total. The average molecular weight is 236 g/mol. The summed E-state index contributed by atoms with van der Waals surface area (Å²) in [6.07, 6.45) is 3.00. The van der Waals surface area contributed by atoms with E-state index < -0.39 is 5.97 Å². The molecule has 6 heteroatoms. The van der Waals surface area contributed by atoms with Crippen LogP contribution in [0.4, 0.5) is 0 Å². The molecular weight excluding hydrogens is 228 g/mol. The average Bonchev–Trinajstić information content (AvgIpc) is 2.67. The molecule has 0 saturated heterocycles. The summed E-state index contributed by atoms with van der Waals surface area (Å²) in [6.45, 7) is 1.40. The maximum atomic E-state index is 11.6. The third kappa shape index (κ3) is 1.57. The van der Waals surface area contributed by atoms with Crippen LogP contribution in [0.3, 0.4) is 0 Å². The molecule has 0 unspecified atom stereocenters. The fourth-order valence-electron chi connectivity index (χ4n) is 1.37. The first-order chi connectivity index (χ1) is 7.65. The number of ether oxygens (including phenoxy) is 1. The van der Waals surface area contributed by atoms with Gasteiger partial charge in [0.25, 0.3) is 0 Å². The number of ketones is 1. The minimum Gasteiger partial charge on any atom is -0.465 e. The van der Waals surface area contributed by atoms with Crippen LogP contribution in [-0.4, -0.2) is 28.8 Å². The zero-order valence-corrected chi connectivity index (χ0v) is 9.50. The third-order valence-electron chi connectivity index (χ3n) is 2.04. The topological polar surface area (TPSA) is 69.2 Å². The van der Waals surface area contributed by atoms with Crippen LogP contribution in [0.5, 0.6) is 0 Å². The molecule has 0 N–H and O–H groups in total. The predicted molar refractivity (Wildman–Crippen MR) is 58.8 cm³/mol. The number of thiophene rings is 1. The Balaban J connectivity index is 2.79. The molecule has 2 aromatic rings. The van der Waals surface area contributed by atoms with Gasteiger partial charge in [-0.1, -0.05) is 0 Å². The highest BCUT2D eigenvalue weighted by molar-refractivity contribution is 7.20. The van der Waals surface area contributed by atoms with Crippen LogP contribution in [-0.2, 0) is 4.74 Å². The quantitative estimate of drug-likeness (QED) is 0.586. The number of aromatic nitrogens is 2. The van der Waals surface area contributed by atoms with E-state index in [2.05, 4.69) is 14.7 Å². The van der Waals surface area contributed by atoms with Gasteiger partial charge in [-0.05, 0) is 6.92 Å². The first-order valence-electron chi connectivity index (χ1n) is 4.48. The lowest BCUT2D eigenvalue weighted by molar-refractivity contribution is 0.0600. The summed E-state index contributed by atoms with van der Waals surface area (Å²) in [5.41, 5.74) is 0.632. The van der Waals surface area contributed by atoms with Gasteiger partial charge in [0.1, 0.15) is 15.9 Å². The summed E-state index contributed by atoms with van der Waals surface area (Å²) in [5.74, 6) is -0.748. The van der Waals surface area contributed by atoms with Gasteiger partial charge >= 0.3 is 5.97 Å². The minimum atomic E-state index is -0.558. The first kappa shape index (κ1) is 10.7. The number of esters is 1. The summed E-state index contributed by atoms with van der Waals surface area (Å²) >= 11 is 1.15. The van der Waals surface area contributed by atoms with Gasteiger partial charge in [0.2, 0.25) is 0 Å². The standard InChI is InChI=1S/C10H8N2O3S/c1-5(13)8-6(10(14)15-2)7-9(16-8)12-4-3-11-7/h3-4H,1-2H3. The molecule has 0 aliphatic rings. The molecule has 0 amide bonds. The van der Waals surface area contributed by atoms with Crippen molar-refractivity contribution < 1.29 is 14.3 Å². The van der Waals surface area contributed by atoms with E-state index in [4.69, 9.17) is 0 Å². The van der Waals surface area contributed by atoms with Crippen molar-refractivity contribution in [3.05, 3.63) is 22.8 Å². The van der Waals surface area contributed by atoms with Crippen molar-refractivity contribution in [3.8, 4) is 0 Å². The summed E-state index contributed by atoms with van der Waals surface area (Å²) in [5, 5.41) is 0. The van der Waals surface area contributed by atoms with Crippen molar-refractivity contribution in [3.63, 3.8) is 0 Å². The number of fused-ring (bicyclic) bond motifs is 1. The van der Waals surface area contributed by atoms with E-state index >= 15 is 0 Å². The molecule has 0 spiro atoms. The van der Waals surface area contributed by atoms with Gasteiger partial charge in [0.15, 0.2) is 5.78 Å². The monoisotopic (exact) mass is 236 g/mol. The molecule has 0 aromatic carbocycles. The van der Waals surface area contributed by atoms with Crippen molar-refractivity contribution in [2.45, 2.75) is 6.92 Å². The Morgan fingerprint density at radius 2 is 2.00 bits per heavy atom. The number of Topliss-reactive ketones (excluding diaryl/α,β-unsaturated/α-hetero) is 1. The molecule has 0 bridgehead atoms. The Morgan fingerprint density at radius 3 is 2.62 bits per heavy atom. The van der Waals surface area contributed by atoms with Crippen molar-refractivity contribution >= 4 is 33.4 Å². The lowest BCUT2D eigenvalue weighted by atomic mass is 10.2. The fraction of sp³-hybridized carbons (Fsp3) is 0.200. The zero-order valence-electron chi connectivity index (χ0n) is 8.68. The van der Waals surface area contributed by atoms with E-state index in [1.165, 1.54) is 26.4 Å². The van der Waals surface area contributed by atoms with E-state index in [-0.39, 0.29) is 11.3 Å². The summed E-state index contributed by atoms with van der Waals surface area (Å²) in [6, 6.07) is 0. The number of carbonyl (C=O) groups excluding carboxylic acids is 2. The van der Waals surface area contributed by atoms with Gasteiger partial charge in [0, 0.05) is 12.4 Å². The lowest BCUT2D eigenvalue weighted by Gasteiger charge is -1.98. The molecule has 82 valence electrons. The largest absolute Gasteiger partial charge is 0.465 e. The van der Waals surface area contributed by atoms with Gasteiger partial charge in [0.05, 0.1) is 12.0 Å². The van der Waals surface area contributed by atoms with Gasteiger partial charge in [-0.3, -0.25) is 9.78 Å². The smallest absolute Gasteiger partial charge is 0.341 e. The molecule has 0 radical (unpaired) electrons. The Bertz CT molecular complexity index is 576.